The van der Waals surface area contributed by atoms with Crippen LogP contribution in [0.5, 0.6) is 0 Å². The lowest BCUT2D eigenvalue weighted by Gasteiger charge is -2.20. The summed E-state index contributed by atoms with van der Waals surface area (Å²) in [4.78, 5) is 2.24. The van der Waals surface area contributed by atoms with Gasteiger partial charge >= 0.3 is 0 Å². The largest absolute Gasteiger partial charge is 0.308 e. The van der Waals surface area contributed by atoms with Crippen molar-refractivity contribution in [3.63, 3.8) is 0 Å². The summed E-state index contributed by atoms with van der Waals surface area (Å²) >= 11 is 5.78. The molecule has 6 heteroatoms. The van der Waals surface area contributed by atoms with Crippen molar-refractivity contribution in [3.8, 4) is 0 Å². The van der Waals surface area contributed by atoms with Crippen molar-refractivity contribution in [1.29, 1.82) is 0 Å². The van der Waals surface area contributed by atoms with Crippen molar-refractivity contribution in [3.05, 3.63) is 29.8 Å². The highest BCUT2D eigenvalue weighted by Crippen LogP contribution is 2.20. The van der Waals surface area contributed by atoms with E-state index >= 15 is 0 Å². The molecule has 0 fully saturated rings. The fraction of sp³-hybridized carbons (Fsp3) is 0.500. The Labute approximate surface area is 114 Å². The lowest BCUT2D eigenvalue weighted by atomic mass is 10.2. The molecule has 0 aliphatic rings. The molecular formula is C12H19ClN2O2S. The molecule has 1 rings (SSSR count). The average molecular weight is 291 g/mol. The van der Waals surface area contributed by atoms with Gasteiger partial charge in [0.2, 0.25) is 10.0 Å². The van der Waals surface area contributed by atoms with Gasteiger partial charge in [0.15, 0.2) is 0 Å². The Kier molecular flexibility index (Phi) is 5.59. The molecule has 1 aromatic carbocycles. The number of alkyl halides is 1. The second-order valence-electron chi connectivity index (χ2n) is 4.37. The number of rotatable bonds is 6. The van der Waals surface area contributed by atoms with Crippen LogP contribution in [0.25, 0.3) is 0 Å². The van der Waals surface area contributed by atoms with Crippen LogP contribution < -0.4 is 0 Å². The maximum Gasteiger partial charge on any atom is 0.243 e. The molecule has 0 bridgehead atoms. The highest BCUT2D eigenvalue weighted by atomic mass is 35.5. The van der Waals surface area contributed by atoms with Crippen molar-refractivity contribution in [2.45, 2.75) is 10.8 Å². The second kappa shape index (κ2) is 6.52. The highest BCUT2D eigenvalue weighted by Gasteiger charge is 2.22. The first-order chi connectivity index (χ1) is 8.39. The molecule has 0 aliphatic heterocycles. The summed E-state index contributed by atoms with van der Waals surface area (Å²) in [5.41, 5.74) is 0.635. The molecule has 0 amide bonds. The molecule has 0 radical (unpaired) electrons. The number of hydrogen-bond donors (Lipinski definition) is 0. The van der Waals surface area contributed by atoms with E-state index in [1.807, 2.05) is 19.0 Å². The topological polar surface area (TPSA) is 40.6 Å². The Morgan fingerprint density at radius 3 is 2.28 bits per heavy atom. The molecule has 18 heavy (non-hydrogen) atoms. The van der Waals surface area contributed by atoms with Gasteiger partial charge in [-0.1, -0.05) is 18.2 Å². The fourth-order valence-corrected chi connectivity index (χ4v) is 3.19. The predicted octanol–water partition coefficient (Wildman–Crippen LogP) is 1.61. The molecule has 102 valence electrons. The Bertz CT molecular complexity index is 489. The van der Waals surface area contributed by atoms with E-state index in [1.54, 1.807) is 31.3 Å². The SMILES string of the molecule is CN(C)CCN(C)S(=O)(=O)c1ccccc1CCl. The van der Waals surface area contributed by atoms with Gasteiger partial charge < -0.3 is 4.90 Å². The van der Waals surface area contributed by atoms with E-state index in [2.05, 4.69) is 0 Å². The van der Waals surface area contributed by atoms with Crippen molar-refractivity contribution in [2.75, 3.05) is 34.2 Å². The zero-order valence-electron chi connectivity index (χ0n) is 10.9. The van der Waals surface area contributed by atoms with Crippen LogP contribution in [0.3, 0.4) is 0 Å². The number of halogens is 1. The van der Waals surface area contributed by atoms with Crippen LogP contribution in [0, 0.1) is 0 Å². The third-order valence-corrected chi connectivity index (χ3v) is 4.91. The fourth-order valence-electron chi connectivity index (χ4n) is 1.49. The van der Waals surface area contributed by atoms with Gasteiger partial charge in [0.05, 0.1) is 4.90 Å². The van der Waals surface area contributed by atoms with Gasteiger partial charge in [0.25, 0.3) is 0 Å². The first-order valence-electron chi connectivity index (χ1n) is 5.64. The molecule has 0 saturated carbocycles. The maximum atomic E-state index is 12.4. The molecule has 0 atom stereocenters. The first-order valence-corrected chi connectivity index (χ1v) is 7.62. The summed E-state index contributed by atoms with van der Waals surface area (Å²) in [6.45, 7) is 1.13. The molecular weight excluding hydrogens is 272 g/mol. The summed E-state index contributed by atoms with van der Waals surface area (Å²) < 4.78 is 26.1. The third kappa shape index (κ3) is 3.68. The Morgan fingerprint density at radius 2 is 1.72 bits per heavy atom. The molecule has 0 aromatic heterocycles. The molecule has 1 aromatic rings. The molecule has 0 saturated heterocycles. The van der Waals surface area contributed by atoms with Crippen LogP contribution in [-0.4, -0.2) is 51.9 Å². The smallest absolute Gasteiger partial charge is 0.243 e. The first kappa shape index (κ1) is 15.4. The predicted molar refractivity (Wildman–Crippen MR) is 74.4 cm³/mol. The van der Waals surface area contributed by atoms with Crippen LogP contribution >= 0.6 is 11.6 Å². The number of benzene rings is 1. The van der Waals surface area contributed by atoms with Gasteiger partial charge in [-0.05, 0) is 25.7 Å². The lowest BCUT2D eigenvalue weighted by molar-refractivity contribution is 0.358. The Morgan fingerprint density at radius 1 is 1.11 bits per heavy atom. The van der Waals surface area contributed by atoms with Crippen LogP contribution in [0.1, 0.15) is 5.56 Å². The molecule has 0 N–H and O–H groups in total. The van der Waals surface area contributed by atoms with Crippen molar-refractivity contribution in [2.24, 2.45) is 0 Å². The molecule has 4 nitrogen and oxygen atoms in total. The maximum absolute atomic E-state index is 12.4. The summed E-state index contributed by atoms with van der Waals surface area (Å²) in [6.07, 6.45) is 0. The Hall–Kier alpha value is -0.620. The van der Waals surface area contributed by atoms with E-state index in [0.717, 1.165) is 0 Å². The van der Waals surface area contributed by atoms with Crippen molar-refractivity contribution in [1.82, 2.24) is 9.21 Å². The van der Waals surface area contributed by atoms with E-state index in [-0.39, 0.29) is 5.88 Å². The quantitative estimate of drug-likeness (QED) is 0.748. The van der Waals surface area contributed by atoms with Crippen molar-refractivity contribution < 1.29 is 8.42 Å². The number of nitrogens with zero attached hydrogens (tertiary/aromatic N) is 2. The summed E-state index contributed by atoms with van der Waals surface area (Å²) in [6, 6.07) is 6.83. The van der Waals surface area contributed by atoms with Crippen LogP contribution in [0.2, 0.25) is 0 Å². The molecule has 0 unspecified atom stereocenters. The minimum atomic E-state index is -3.46. The summed E-state index contributed by atoms with van der Waals surface area (Å²) in [5.74, 6) is 0.191. The third-order valence-electron chi connectivity index (χ3n) is 2.67. The molecule has 0 spiro atoms. The van der Waals surface area contributed by atoms with Gasteiger partial charge in [-0.25, -0.2) is 8.42 Å². The van der Waals surface area contributed by atoms with Crippen LogP contribution in [0.4, 0.5) is 0 Å². The van der Waals surface area contributed by atoms with E-state index in [4.69, 9.17) is 11.6 Å². The summed E-state index contributed by atoms with van der Waals surface area (Å²) in [5, 5.41) is 0. The summed E-state index contributed by atoms with van der Waals surface area (Å²) in [7, 11) is 1.95. The average Bonchev–Trinajstić information content (AvgIpc) is 2.35. The van der Waals surface area contributed by atoms with Gasteiger partial charge in [0, 0.05) is 26.0 Å². The minimum absolute atomic E-state index is 0.191. The standard InChI is InChI=1S/C12H19ClN2O2S/c1-14(2)8-9-15(3)18(16,17)12-7-5-4-6-11(12)10-13/h4-7H,8-10H2,1-3H3. The number of likely N-dealkylation sites (N-methyl/N-ethyl adjacent to an activating group) is 2. The van der Waals surface area contributed by atoms with Gasteiger partial charge in [-0.15, -0.1) is 11.6 Å². The highest BCUT2D eigenvalue weighted by molar-refractivity contribution is 7.89. The minimum Gasteiger partial charge on any atom is -0.308 e. The van der Waals surface area contributed by atoms with Gasteiger partial charge in [-0.2, -0.15) is 4.31 Å². The molecule has 0 aliphatic carbocycles. The van der Waals surface area contributed by atoms with E-state index in [1.165, 1.54) is 4.31 Å². The van der Waals surface area contributed by atoms with Crippen LogP contribution in [0.15, 0.2) is 29.2 Å². The monoisotopic (exact) mass is 290 g/mol. The molecule has 0 heterocycles. The normalized spacial score (nSPS) is 12.3. The zero-order valence-corrected chi connectivity index (χ0v) is 12.5. The zero-order chi connectivity index (χ0) is 13.8. The second-order valence-corrected chi connectivity index (χ2v) is 6.65. The van der Waals surface area contributed by atoms with Crippen molar-refractivity contribution >= 4 is 21.6 Å². The van der Waals surface area contributed by atoms with E-state index < -0.39 is 10.0 Å². The number of hydrogen-bond acceptors (Lipinski definition) is 3. The lowest BCUT2D eigenvalue weighted by Crippen LogP contribution is -2.33. The Balaban J connectivity index is 2.98. The van der Waals surface area contributed by atoms with E-state index in [9.17, 15) is 8.42 Å². The van der Waals surface area contributed by atoms with E-state index in [0.29, 0.717) is 23.5 Å². The number of sulfonamides is 1. The van der Waals surface area contributed by atoms with Gasteiger partial charge in [0.1, 0.15) is 0 Å². The van der Waals surface area contributed by atoms with Crippen LogP contribution in [-0.2, 0) is 15.9 Å². The van der Waals surface area contributed by atoms with Gasteiger partial charge in [-0.3, -0.25) is 0 Å².